The molecule has 0 aliphatic rings. The summed E-state index contributed by atoms with van der Waals surface area (Å²) < 4.78 is 26.5. The van der Waals surface area contributed by atoms with Crippen molar-refractivity contribution in [3.8, 4) is 0 Å². The van der Waals surface area contributed by atoms with Crippen LogP contribution in [0.1, 0.15) is 28.9 Å². The molecule has 0 radical (unpaired) electrons. The minimum atomic E-state index is -0.996. The van der Waals surface area contributed by atoms with Gasteiger partial charge in [0.15, 0.2) is 0 Å². The standard InChI is InChI=1S/C18H16Cl2F2N2O2/c1-10(13-5-3-11(19)7-15(13)20)24(2)17(25)9-23-18(26)14-6-4-12(21)8-16(14)22/h3-8,10H,9H2,1-2H3,(H,23,26). The van der Waals surface area contributed by atoms with Crippen LogP contribution < -0.4 is 5.32 Å². The van der Waals surface area contributed by atoms with Crippen LogP contribution in [0.2, 0.25) is 10.0 Å². The molecule has 0 saturated carbocycles. The van der Waals surface area contributed by atoms with E-state index in [2.05, 4.69) is 5.32 Å². The second-order valence-corrected chi connectivity index (χ2v) is 6.50. The maximum absolute atomic E-state index is 13.6. The van der Waals surface area contributed by atoms with Gasteiger partial charge in [0.1, 0.15) is 11.6 Å². The summed E-state index contributed by atoms with van der Waals surface area (Å²) in [6, 6.07) is 7.18. The van der Waals surface area contributed by atoms with Gasteiger partial charge in [0, 0.05) is 23.2 Å². The molecule has 4 nitrogen and oxygen atoms in total. The number of nitrogens with one attached hydrogen (secondary N) is 1. The van der Waals surface area contributed by atoms with Gasteiger partial charge in [-0.3, -0.25) is 9.59 Å². The molecular formula is C18H16Cl2F2N2O2. The SMILES string of the molecule is CC(c1ccc(Cl)cc1Cl)N(C)C(=O)CNC(=O)c1ccc(F)cc1F. The molecule has 1 atom stereocenters. The first kappa shape index (κ1) is 20.1. The lowest BCUT2D eigenvalue weighted by Crippen LogP contribution is -2.39. The maximum Gasteiger partial charge on any atom is 0.254 e. The Kier molecular flexibility index (Phi) is 6.56. The number of hydrogen-bond donors (Lipinski definition) is 1. The van der Waals surface area contributed by atoms with Gasteiger partial charge in [-0.05, 0) is 36.8 Å². The lowest BCUT2D eigenvalue weighted by atomic mass is 10.1. The lowest BCUT2D eigenvalue weighted by molar-refractivity contribution is -0.130. The second kappa shape index (κ2) is 8.47. The van der Waals surface area contributed by atoms with Crippen LogP contribution in [-0.2, 0) is 4.79 Å². The average Bonchev–Trinajstić information content (AvgIpc) is 2.58. The van der Waals surface area contributed by atoms with Crippen LogP contribution in [0.15, 0.2) is 36.4 Å². The first-order valence-electron chi connectivity index (χ1n) is 7.64. The number of halogens is 4. The van der Waals surface area contributed by atoms with E-state index in [1.54, 1.807) is 32.2 Å². The number of carbonyl (C=O) groups excluding carboxylic acids is 2. The Hall–Kier alpha value is -2.18. The van der Waals surface area contributed by atoms with Crippen molar-refractivity contribution in [1.29, 1.82) is 0 Å². The Morgan fingerprint density at radius 2 is 1.85 bits per heavy atom. The smallest absolute Gasteiger partial charge is 0.254 e. The zero-order valence-electron chi connectivity index (χ0n) is 14.0. The van der Waals surface area contributed by atoms with Crippen LogP contribution in [0.3, 0.4) is 0 Å². The third-order valence-electron chi connectivity index (χ3n) is 3.96. The number of benzene rings is 2. The summed E-state index contributed by atoms with van der Waals surface area (Å²) in [5, 5.41) is 3.22. The van der Waals surface area contributed by atoms with Crippen molar-refractivity contribution in [1.82, 2.24) is 10.2 Å². The molecule has 0 fully saturated rings. The first-order chi connectivity index (χ1) is 12.2. The fourth-order valence-electron chi connectivity index (χ4n) is 2.31. The molecule has 0 saturated heterocycles. The van der Waals surface area contributed by atoms with Crippen LogP contribution in [-0.4, -0.2) is 30.3 Å². The largest absolute Gasteiger partial charge is 0.343 e. The summed E-state index contributed by atoms with van der Waals surface area (Å²) in [4.78, 5) is 25.7. The Balaban J connectivity index is 2.01. The zero-order chi connectivity index (χ0) is 19.4. The summed E-state index contributed by atoms with van der Waals surface area (Å²) in [6.07, 6.45) is 0. The molecule has 2 rings (SSSR count). The van der Waals surface area contributed by atoms with Gasteiger partial charge in [0.25, 0.3) is 5.91 Å². The Morgan fingerprint density at radius 1 is 1.15 bits per heavy atom. The van der Waals surface area contributed by atoms with Gasteiger partial charge >= 0.3 is 0 Å². The molecule has 0 aliphatic carbocycles. The molecule has 2 aromatic carbocycles. The molecule has 0 bridgehead atoms. The number of hydrogen-bond acceptors (Lipinski definition) is 2. The Morgan fingerprint density at radius 3 is 2.46 bits per heavy atom. The van der Waals surface area contributed by atoms with Gasteiger partial charge in [0.05, 0.1) is 18.2 Å². The second-order valence-electron chi connectivity index (χ2n) is 5.65. The molecule has 8 heteroatoms. The molecule has 138 valence electrons. The topological polar surface area (TPSA) is 49.4 Å². The van der Waals surface area contributed by atoms with Crippen LogP contribution in [0.4, 0.5) is 8.78 Å². The monoisotopic (exact) mass is 400 g/mol. The van der Waals surface area contributed by atoms with Crippen molar-refractivity contribution < 1.29 is 18.4 Å². The van der Waals surface area contributed by atoms with E-state index in [0.29, 0.717) is 21.7 Å². The van der Waals surface area contributed by atoms with E-state index in [1.165, 1.54) is 4.90 Å². The molecule has 26 heavy (non-hydrogen) atoms. The van der Waals surface area contributed by atoms with E-state index < -0.39 is 23.4 Å². The molecule has 1 N–H and O–H groups in total. The quantitative estimate of drug-likeness (QED) is 0.816. The van der Waals surface area contributed by atoms with Gasteiger partial charge in [-0.15, -0.1) is 0 Å². The summed E-state index contributed by atoms with van der Waals surface area (Å²) in [7, 11) is 1.56. The Labute approximate surface area is 159 Å². The van der Waals surface area contributed by atoms with Crippen molar-refractivity contribution in [2.24, 2.45) is 0 Å². The summed E-state index contributed by atoms with van der Waals surface area (Å²) in [6.45, 7) is 1.43. The van der Waals surface area contributed by atoms with Crippen LogP contribution in [0.25, 0.3) is 0 Å². The fraction of sp³-hybridized carbons (Fsp3) is 0.222. The third kappa shape index (κ3) is 4.71. The zero-order valence-corrected chi connectivity index (χ0v) is 15.5. The van der Waals surface area contributed by atoms with Gasteiger partial charge in [0.2, 0.25) is 5.91 Å². The molecule has 2 amide bonds. The van der Waals surface area contributed by atoms with E-state index in [4.69, 9.17) is 23.2 Å². The van der Waals surface area contributed by atoms with E-state index >= 15 is 0 Å². The van der Waals surface area contributed by atoms with Crippen LogP contribution in [0.5, 0.6) is 0 Å². The average molecular weight is 401 g/mol. The van der Waals surface area contributed by atoms with Crippen molar-refractivity contribution in [2.45, 2.75) is 13.0 Å². The fourth-order valence-corrected chi connectivity index (χ4v) is 2.88. The predicted octanol–water partition coefficient (Wildman–Crippen LogP) is 4.22. The number of nitrogens with zero attached hydrogens (tertiary/aromatic N) is 1. The molecule has 0 aromatic heterocycles. The van der Waals surface area contributed by atoms with Crippen molar-refractivity contribution in [2.75, 3.05) is 13.6 Å². The highest BCUT2D eigenvalue weighted by Gasteiger charge is 2.21. The molecule has 0 aliphatic heterocycles. The first-order valence-corrected chi connectivity index (χ1v) is 8.40. The third-order valence-corrected chi connectivity index (χ3v) is 4.53. The minimum Gasteiger partial charge on any atom is -0.343 e. The van der Waals surface area contributed by atoms with E-state index in [9.17, 15) is 18.4 Å². The summed E-state index contributed by atoms with van der Waals surface area (Å²) in [5.74, 6) is -2.99. The van der Waals surface area contributed by atoms with E-state index in [-0.39, 0.29) is 18.2 Å². The summed E-state index contributed by atoms with van der Waals surface area (Å²) in [5.41, 5.74) is 0.360. The number of likely N-dealkylation sites (N-methyl/N-ethyl adjacent to an activating group) is 1. The molecular weight excluding hydrogens is 385 g/mol. The predicted molar refractivity (Wildman–Crippen MR) is 96.3 cm³/mol. The molecule has 2 aromatic rings. The van der Waals surface area contributed by atoms with Crippen molar-refractivity contribution >= 4 is 35.0 Å². The highest BCUT2D eigenvalue weighted by molar-refractivity contribution is 6.35. The van der Waals surface area contributed by atoms with Gasteiger partial charge in [-0.2, -0.15) is 0 Å². The number of amides is 2. The summed E-state index contributed by atoms with van der Waals surface area (Å²) >= 11 is 12.0. The van der Waals surface area contributed by atoms with Gasteiger partial charge in [-0.1, -0.05) is 29.3 Å². The Bertz CT molecular complexity index is 846. The molecule has 0 spiro atoms. The van der Waals surface area contributed by atoms with Crippen molar-refractivity contribution in [3.05, 3.63) is 69.2 Å². The highest BCUT2D eigenvalue weighted by atomic mass is 35.5. The van der Waals surface area contributed by atoms with E-state index in [1.807, 2.05) is 0 Å². The van der Waals surface area contributed by atoms with Gasteiger partial charge < -0.3 is 10.2 Å². The van der Waals surface area contributed by atoms with Gasteiger partial charge in [-0.25, -0.2) is 8.78 Å². The number of carbonyl (C=O) groups is 2. The van der Waals surface area contributed by atoms with Crippen LogP contribution in [0, 0.1) is 11.6 Å². The normalized spacial score (nSPS) is 11.8. The van der Waals surface area contributed by atoms with Crippen LogP contribution >= 0.6 is 23.2 Å². The highest BCUT2D eigenvalue weighted by Crippen LogP contribution is 2.29. The molecule has 0 heterocycles. The molecule has 1 unspecified atom stereocenters. The minimum absolute atomic E-state index is 0.337. The lowest BCUT2D eigenvalue weighted by Gasteiger charge is -2.26. The number of rotatable bonds is 5. The van der Waals surface area contributed by atoms with E-state index in [0.717, 1.165) is 12.1 Å². The van der Waals surface area contributed by atoms with Crippen molar-refractivity contribution in [3.63, 3.8) is 0 Å². The maximum atomic E-state index is 13.6.